The van der Waals surface area contributed by atoms with Crippen molar-refractivity contribution < 1.29 is 14.0 Å². The Bertz CT molecular complexity index is 808. The Kier molecular flexibility index (Phi) is 9.77. The molecule has 2 aliphatic rings. The van der Waals surface area contributed by atoms with Gasteiger partial charge in [0.1, 0.15) is 6.10 Å². The number of unbranched alkanes of at least 4 members (excludes halogenated alkanes) is 5. The summed E-state index contributed by atoms with van der Waals surface area (Å²) in [5, 5.41) is 0.148. The largest absolute Gasteiger partial charge is 0.413 e. The van der Waals surface area contributed by atoms with Crippen molar-refractivity contribution in [1.82, 2.24) is 0 Å². The molecular formula is C30H48O3Si. The molecule has 1 saturated heterocycles. The highest BCUT2D eigenvalue weighted by atomic mass is 28.4. The number of Topliss-reactive ketones (excluding diaryl/α,β-unsaturated/α-hetero) is 1. The highest BCUT2D eigenvalue weighted by molar-refractivity contribution is 6.74. The molecule has 4 atom stereocenters. The standard InChI is InChI=1S/C30H48O3Si/c1-7-8-9-10-11-15-18-24-25(26(31)22-28(24)33-34(5,6)30(2,3)4)21-29-27(32-29)20-19-23-16-13-12-14-17-23/h12-14,16-17,21,24,27-29H,7-11,15,18-20,22H2,1-6H3/b25-21+/t24-,27?,28-,29?/m1/s1. The van der Waals surface area contributed by atoms with Crippen LogP contribution in [0.25, 0.3) is 0 Å². The Morgan fingerprint density at radius 1 is 1.03 bits per heavy atom. The van der Waals surface area contributed by atoms with Gasteiger partial charge in [-0.25, -0.2) is 0 Å². The summed E-state index contributed by atoms with van der Waals surface area (Å²) in [4.78, 5) is 13.2. The van der Waals surface area contributed by atoms with E-state index in [0.717, 1.165) is 24.8 Å². The minimum Gasteiger partial charge on any atom is -0.413 e. The molecule has 1 aromatic rings. The van der Waals surface area contributed by atoms with Crippen LogP contribution in [-0.4, -0.2) is 32.4 Å². The molecule has 0 spiro atoms. The van der Waals surface area contributed by atoms with Crippen molar-refractivity contribution in [3.8, 4) is 0 Å². The van der Waals surface area contributed by atoms with Crippen molar-refractivity contribution in [2.75, 3.05) is 0 Å². The smallest absolute Gasteiger partial charge is 0.192 e. The zero-order valence-corrected chi connectivity index (χ0v) is 23.6. The van der Waals surface area contributed by atoms with Gasteiger partial charge in [-0.3, -0.25) is 4.79 Å². The third kappa shape index (κ3) is 7.63. The molecule has 190 valence electrons. The van der Waals surface area contributed by atoms with Crippen LogP contribution in [0.3, 0.4) is 0 Å². The summed E-state index contributed by atoms with van der Waals surface area (Å²) in [7, 11) is -1.93. The zero-order valence-electron chi connectivity index (χ0n) is 22.6. The molecule has 1 aromatic carbocycles. The van der Waals surface area contributed by atoms with Gasteiger partial charge in [-0.2, -0.15) is 0 Å². The van der Waals surface area contributed by atoms with Gasteiger partial charge in [0.15, 0.2) is 14.1 Å². The van der Waals surface area contributed by atoms with Crippen molar-refractivity contribution in [2.24, 2.45) is 5.92 Å². The summed E-state index contributed by atoms with van der Waals surface area (Å²) >= 11 is 0. The number of ketones is 1. The van der Waals surface area contributed by atoms with Crippen LogP contribution in [-0.2, 0) is 20.4 Å². The lowest BCUT2D eigenvalue weighted by atomic mass is 9.92. The summed E-state index contributed by atoms with van der Waals surface area (Å²) < 4.78 is 12.8. The highest BCUT2D eigenvalue weighted by Gasteiger charge is 2.47. The van der Waals surface area contributed by atoms with Gasteiger partial charge in [0.25, 0.3) is 0 Å². The normalized spacial score (nSPS) is 26.4. The zero-order chi connectivity index (χ0) is 24.8. The van der Waals surface area contributed by atoms with E-state index in [1.54, 1.807) is 0 Å². The molecule has 34 heavy (non-hydrogen) atoms. The maximum atomic E-state index is 13.2. The average Bonchev–Trinajstić information content (AvgIpc) is 3.46. The average molecular weight is 485 g/mol. The van der Waals surface area contributed by atoms with Gasteiger partial charge >= 0.3 is 0 Å². The Morgan fingerprint density at radius 2 is 1.71 bits per heavy atom. The maximum absolute atomic E-state index is 13.2. The van der Waals surface area contributed by atoms with Crippen molar-refractivity contribution >= 4 is 14.1 Å². The van der Waals surface area contributed by atoms with E-state index < -0.39 is 8.32 Å². The van der Waals surface area contributed by atoms with E-state index in [2.05, 4.69) is 77.2 Å². The third-order valence-corrected chi connectivity index (χ3v) is 12.7. The van der Waals surface area contributed by atoms with Gasteiger partial charge in [0.05, 0.1) is 12.2 Å². The Balaban J connectivity index is 1.63. The molecule has 1 aliphatic carbocycles. The maximum Gasteiger partial charge on any atom is 0.192 e. The van der Waals surface area contributed by atoms with Crippen molar-refractivity contribution in [1.29, 1.82) is 0 Å². The third-order valence-electron chi connectivity index (χ3n) is 8.20. The highest BCUT2D eigenvalue weighted by Crippen LogP contribution is 2.44. The van der Waals surface area contributed by atoms with Gasteiger partial charge in [-0.15, -0.1) is 0 Å². The van der Waals surface area contributed by atoms with Gasteiger partial charge < -0.3 is 9.16 Å². The van der Waals surface area contributed by atoms with Crippen LogP contribution in [0.2, 0.25) is 18.1 Å². The first-order valence-corrected chi connectivity index (χ1v) is 16.7. The van der Waals surface area contributed by atoms with Crippen LogP contribution in [0.5, 0.6) is 0 Å². The van der Waals surface area contributed by atoms with Crippen LogP contribution in [0.15, 0.2) is 42.0 Å². The van der Waals surface area contributed by atoms with Crippen molar-refractivity contribution in [2.45, 2.75) is 128 Å². The molecule has 0 amide bonds. The molecule has 0 bridgehead atoms. The van der Waals surface area contributed by atoms with Crippen molar-refractivity contribution in [3.63, 3.8) is 0 Å². The quantitative estimate of drug-likeness (QED) is 0.123. The van der Waals surface area contributed by atoms with Gasteiger partial charge in [0.2, 0.25) is 0 Å². The fourth-order valence-corrected chi connectivity index (χ4v) is 6.26. The van der Waals surface area contributed by atoms with Crippen LogP contribution >= 0.6 is 0 Å². The Labute approximate surface area is 209 Å². The van der Waals surface area contributed by atoms with E-state index in [-0.39, 0.29) is 35.1 Å². The minimum absolute atomic E-state index is 0.0387. The van der Waals surface area contributed by atoms with Crippen molar-refractivity contribution in [3.05, 3.63) is 47.5 Å². The lowest BCUT2D eigenvalue weighted by molar-refractivity contribution is -0.115. The predicted molar refractivity (Wildman–Crippen MR) is 145 cm³/mol. The summed E-state index contributed by atoms with van der Waals surface area (Å²) in [5.41, 5.74) is 2.36. The first-order chi connectivity index (χ1) is 16.1. The van der Waals surface area contributed by atoms with E-state index >= 15 is 0 Å². The number of aryl methyl sites for hydroxylation is 1. The molecule has 2 unspecified atom stereocenters. The molecule has 2 fully saturated rings. The molecule has 1 heterocycles. The van der Waals surface area contributed by atoms with Crippen LogP contribution in [0.1, 0.15) is 91.0 Å². The fourth-order valence-electron chi connectivity index (χ4n) is 4.90. The molecule has 0 aromatic heterocycles. The second-order valence-electron chi connectivity index (χ2n) is 12.0. The number of epoxide rings is 1. The topological polar surface area (TPSA) is 38.8 Å². The minimum atomic E-state index is -1.93. The van der Waals surface area contributed by atoms with Gasteiger partial charge in [-0.05, 0) is 54.6 Å². The van der Waals surface area contributed by atoms with E-state index in [0.29, 0.717) is 6.42 Å². The Morgan fingerprint density at radius 3 is 2.38 bits per heavy atom. The van der Waals surface area contributed by atoms with Gasteiger partial charge in [0, 0.05) is 12.3 Å². The second-order valence-corrected chi connectivity index (χ2v) is 16.7. The molecule has 1 aliphatic heterocycles. The monoisotopic (exact) mass is 484 g/mol. The van der Waals surface area contributed by atoms with Crippen LogP contribution in [0.4, 0.5) is 0 Å². The Hall–Kier alpha value is -1.23. The summed E-state index contributed by atoms with van der Waals surface area (Å²) in [6.07, 6.45) is 13.9. The number of hydrogen-bond acceptors (Lipinski definition) is 3. The molecule has 1 saturated carbocycles. The number of benzene rings is 1. The first-order valence-electron chi connectivity index (χ1n) is 13.7. The molecule has 0 N–H and O–H groups in total. The number of carbonyl (C=O) groups excluding carboxylic acids is 1. The SMILES string of the molecule is CCCCCCCC[C@@H]1/C(=C\C2OC2CCc2ccccc2)C(=O)C[C@H]1O[Si](C)(C)C(C)(C)C. The van der Waals surface area contributed by atoms with E-state index in [4.69, 9.17) is 9.16 Å². The van der Waals surface area contributed by atoms with Crippen LogP contribution < -0.4 is 0 Å². The van der Waals surface area contributed by atoms with E-state index in [9.17, 15) is 4.79 Å². The summed E-state index contributed by atoms with van der Waals surface area (Å²) in [6.45, 7) is 13.7. The van der Waals surface area contributed by atoms with E-state index in [1.165, 1.54) is 44.1 Å². The first kappa shape index (κ1) is 27.4. The molecule has 0 radical (unpaired) electrons. The predicted octanol–water partition coefficient (Wildman–Crippen LogP) is 8.04. The molecular weight excluding hydrogens is 436 g/mol. The molecule has 3 nitrogen and oxygen atoms in total. The number of rotatable bonds is 13. The van der Waals surface area contributed by atoms with Gasteiger partial charge in [-0.1, -0.05) is 96.6 Å². The fraction of sp³-hybridized carbons (Fsp3) is 0.700. The lowest BCUT2D eigenvalue weighted by Gasteiger charge is -2.39. The van der Waals surface area contributed by atoms with E-state index in [1.807, 2.05) is 0 Å². The molecule has 3 rings (SSSR count). The molecule has 4 heteroatoms. The number of ether oxygens (including phenoxy) is 1. The van der Waals surface area contributed by atoms with Crippen LogP contribution in [0, 0.1) is 5.92 Å². The lowest BCUT2D eigenvalue weighted by Crippen LogP contribution is -2.44. The number of hydrogen-bond donors (Lipinski definition) is 0. The summed E-state index contributed by atoms with van der Waals surface area (Å²) in [6, 6.07) is 10.6. The number of carbonyl (C=O) groups is 1. The summed E-state index contributed by atoms with van der Waals surface area (Å²) in [5.74, 6) is 0.517. The second kappa shape index (κ2) is 12.1.